The number of fused-ring (bicyclic) bond motifs is 6. The lowest BCUT2D eigenvalue weighted by atomic mass is 9.47. The summed E-state index contributed by atoms with van der Waals surface area (Å²) in [5.74, 6) is -2.85. The van der Waals surface area contributed by atoms with Crippen LogP contribution in [0.2, 0.25) is 0 Å². The van der Waals surface area contributed by atoms with Crippen molar-refractivity contribution < 1.29 is 65.2 Å². The number of anilines is 1. The van der Waals surface area contributed by atoms with Crippen molar-refractivity contribution >= 4 is 44.9 Å². The zero-order chi connectivity index (χ0) is 48.9. The molecule has 1 aliphatic carbocycles. The minimum Gasteiger partial charge on any atom is -0.496 e. The van der Waals surface area contributed by atoms with Gasteiger partial charge in [0, 0.05) is 95.0 Å². The van der Waals surface area contributed by atoms with E-state index in [1.54, 1.807) is 14.2 Å². The lowest BCUT2D eigenvalue weighted by molar-refractivity contribution is -0.228. The molecule has 17 nitrogen and oxygen atoms in total. The highest BCUT2D eigenvalue weighted by atomic mass is 32.3. The van der Waals surface area contributed by atoms with Crippen molar-refractivity contribution in [3.8, 4) is 5.75 Å². The number of esters is 3. The minimum atomic E-state index is -4.67. The zero-order valence-electron chi connectivity index (χ0n) is 39.9. The van der Waals surface area contributed by atoms with Gasteiger partial charge in [-0.3, -0.25) is 28.5 Å². The Morgan fingerprint density at radius 3 is 2.34 bits per heavy atom. The maximum Gasteiger partial charge on any atom is 0.394 e. The van der Waals surface area contributed by atoms with E-state index in [0.29, 0.717) is 81.1 Å². The number of aromatic nitrogens is 1. The SMILES string of the molecule is O=S(=O)(O)O.[2H]C([2H])([2H])C(=O)O[C@@H]1[C@]2(CC)C=CCN3CC[C@@]4(c5cc([C@]6(C(=O)OC)C[C@H]7CN(CCc8c6[nH]c6ccccc86)C[C@@](O)(CC)C7)c(OC)cc5N(C)[C@H]4[C@@]1(O)C(=O)OC)[C@@H]32. The standard InChI is InChI=1S/C46H58N4O9.H2O4S/c1-8-42(54)23-28-24-45(40(52)57-6,36-30(15-19-49(25-28)26-42)29-13-10-11-14-33(29)47-36)32-21-31-34(22-35(32)56-5)48(4)38-44(31)17-20-50-18-12-16-43(9-2,37(44)50)39(59-27(3)51)46(38,55)41(53)58-7;1-5(2,3)4/h10-14,16,21-22,28,37-39,47,54-55H,8-9,15,17-20,23-26H2,1-7H3;(H2,1,2,3,4)/t28-,37-,38+,39+,42+,43+,44+,45+,46-;/m0./s1/i3D3;. The molecule has 348 valence electrons. The molecule has 2 saturated heterocycles. The number of aromatic amines is 1. The number of likely N-dealkylation sites (N-methyl/N-ethyl adjacent to an activating group) is 1. The number of piperidine rings is 1. The molecular formula is C46H60N4O13S. The summed E-state index contributed by atoms with van der Waals surface area (Å²) in [6.45, 7) is 3.64. The van der Waals surface area contributed by atoms with Crippen LogP contribution < -0.4 is 9.64 Å². The van der Waals surface area contributed by atoms with E-state index in [2.05, 4.69) is 20.9 Å². The molecule has 64 heavy (non-hydrogen) atoms. The highest BCUT2D eigenvalue weighted by molar-refractivity contribution is 7.79. The van der Waals surface area contributed by atoms with E-state index in [4.69, 9.17) is 40.6 Å². The Hall–Kier alpha value is -4.56. The van der Waals surface area contributed by atoms with Crippen molar-refractivity contribution in [2.75, 3.05) is 66.0 Å². The number of para-hydroxylation sites is 1. The van der Waals surface area contributed by atoms with Crippen molar-refractivity contribution in [2.45, 2.75) is 99.4 Å². The van der Waals surface area contributed by atoms with Crippen LogP contribution in [0.25, 0.3) is 10.9 Å². The summed E-state index contributed by atoms with van der Waals surface area (Å²) in [4.78, 5) is 53.4. The zero-order valence-corrected chi connectivity index (χ0v) is 37.7. The largest absolute Gasteiger partial charge is 0.496 e. The van der Waals surface area contributed by atoms with Crippen LogP contribution in [0.4, 0.5) is 5.69 Å². The molecule has 3 aromatic rings. The number of H-pyrrole nitrogens is 1. The molecule has 2 aromatic carbocycles. The highest BCUT2D eigenvalue weighted by Gasteiger charge is 2.80. The van der Waals surface area contributed by atoms with Gasteiger partial charge in [0.05, 0.1) is 33.0 Å². The first-order valence-electron chi connectivity index (χ1n) is 23.2. The Kier molecular flexibility index (Phi) is 10.6. The second kappa shape index (κ2) is 16.1. The van der Waals surface area contributed by atoms with Crippen molar-refractivity contribution in [1.82, 2.24) is 14.8 Å². The van der Waals surface area contributed by atoms with Gasteiger partial charge in [-0.15, -0.1) is 0 Å². The number of ether oxygens (including phenoxy) is 4. The van der Waals surface area contributed by atoms with Crippen LogP contribution in [-0.4, -0.2) is 151 Å². The molecule has 2 bridgehead atoms. The second-order valence-electron chi connectivity index (χ2n) is 18.4. The molecule has 0 radical (unpaired) electrons. The van der Waals surface area contributed by atoms with Gasteiger partial charge < -0.3 is 39.0 Å². The van der Waals surface area contributed by atoms with Gasteiger partial charge in [0.15, 0.2) is 6.10 Å². The molecule has 1 saturated carbocycles. The molecule has 10 atom stereocenters. The molecule has 3 fully saturated rings. The van der Waals surface area contributed by atoms with Gasteiger partial charge in [-0.1, -0.05) is 44.2 Å². The topological polar surface area (TPSA) is 229 Å². The van der Waals surface area contributed by atoms with Crippen LogP contribution >= 0.6 is 0 Å². The van der Waals surface area contributed by atoms with Crippen LogP contribution in [0.5, 0.6) is 5.75 Å². The number of hydrogen-bond donors (Lipinski definition) is 5. The van der Waals surface area contributed by atoms with E-state index in [1.807, 2.05) is 61.2 Å². The number of hydrogen-bond acceptors (Lipinski definition) is 14. The summed E-state index contributed by atoms with van der Waals surface area (Å²) in [6, 6.07) is 10.3. The maximum absolute atomic E-state index is 15.4. The Labute approximate surface area is 377 Å². The summed E-state index contributed by atoms with van der Waals surface area (Å²) >= 11 is 0. The third kappa shape index (κ3) is 6.69. The minimum absolute atomic E-state index is 0.150. The van der Waals surface area contributed by atoms with E-state index in [-0.39, 0.29) is 18.8 Å². The first-order chi connectivity index (χ1) is 31.4. The lowest BCUT2D eigenvalue weighted by Crippen LogP contribution is -2.81. The summed E-state index contributed by atoms with van der Waals surface area (Å²) in [6.07, 6.45) is 4.78. The van der Waals surface area contributed by atoms with E-state index in [0.717, 1.165) is 29.1 Å². The van der Waals surface area contributed by atoms with E-state index < -0.39 is 80.8 Å². The fourth-order valence-electron chi connectivity index (χ4n) is 13.4. The quantitative estimate of drug-likeness (QED) is 0.0991. The summed E-state index contributed by atoms with van der Waals surface area (Å²) in [5.41, 5.74) is -2.90. The maximum atomic E-state index is 15.4. The molecule has 6 aliphatic rings. The fourth-order valence-corrected chi connectivity index (χ4v) is 13.4. The van der Waals surface area contributed by atoms with Gasteiger partial charge in [0.25, 0.3) is 0 Å². The van der Waals surface area contributed by atoms with Crippen molar-refractivity contribution in [1.29, 1.82) is 0 Å². The smallest absolute Gasteiger partial charge is 0.394 e. The van der Waals surface area contributed by atoms with Gasteiger partial charge in [-0.2, -0.15) is 8.42 Å². The van der Waals surface area contributed by atoms with Crippen molar-refractivity contribution in [3.63, 3.8) is 0 Å². The van der Waals surface area contributed by atoms with Crippen molar-refractivity contribution in [2.24, 2.45) is 11.3 Å². The van der Waals surface area contributed by atoms with Crippen LogP contribution in [0.1, 0.15) is 79.3 Å². The van der Waals surface area contributed by atoms with E-state index >= 15 is 4.79 Å². The molecule has 1 spiro atoms. The second-order valence-corrected chi connectivity index (χ2v) is 19.3. The number of aliphatic hydroxyl groups is 2. The van der Waals surface area contributed by atoms with Crippen LogP contribution in [0.15, 0.2) is 48.6 Å². The molecular weight excluding hydrogens is 849 g/mol. The van der Waals surface area contributed by atoms with Gasteiger partial charge in [0.1, 0.15) is 11.2 Å². The third-order valence-electron chi connectivity index (χ3n) is 15.5. The highest BCUT2D eigenvalue weighted by Crippen LogP contribution is 2.68. The average Bonchev–Trinajstić information content (AvgIpc) is 3.94. The average molecular weight is 912 g/mol. The van der Waals surface area contributed by atoms with Crippen LogP contribution in [-0.2, 0) is 56.2 Å². The summed E-state index contributed by atoms with van der Waals surface area (Å²) in [7, 11) is 1.20. The van der Waals surface area contributed by atoms with Crippen LogP contribution in [0, 0.1) is 11.3 Å². The fraction of sp³-hybridized carbons (Fsp3) is 0.587. The van der Waals surface area contributed by atoms with Crippen LogP contribution in [0.3, 0.4) is 0 Å². The Balaban J connectivity index is 0.00000116. The normalized spacial score (nSPS) is 35.9. The lowest BCUT2D eigenvalue weighted by Gasteiger charge is -2.63. The number of benzene rings is 2. The van der Waals surface area contributed by atoms with Crippen molar-refractivity contribution in [3.05, 3.63) is 70.9 Å². The monoisotopic (exact) mass is 911 g/mol. The first-order valence-corrected chi connectivity index (χ1v) is 23.1. The number of carbonyl (C=O) groups excluding carboxylic acids is 3. The van der Waals surface area contributed by atoms with Gasteiger partial charge in [-0.05, 0) is 74.2 Å². The first kappa shape index (κ1) is 42.1. The predicted octanol–water partition coefficient (Wildman–Crippen LogP) is 3.34. The Morgan fingerprint density at radius 2 is 1.69 bits per heavy atom. The molecule has 9 rings (SSSR count). The Bertz CT molecular complexity index is 2620. The van der Waals surface area contributed by atoms with Gasteiger partial charge >= 0.3 is 28.3 Å². The van der Waals surface area contributed by atoms with E-state index in [9.17, 15) is 19.8 Å². The molecule has 1 aromatic heterocycles. The number of methoxy groups -OCH3 is 3. The number of rotatable bonds is 7. The summed E-state index contributed by atoms with van der Waals surface area (Å²) in [5, 5.41) is 26.4. The predicted molar refractivity (Wildman–Crippen MR) is 235 cm³/mol. The molecule has 5 N–H and O–H groups in total. The number of carbonyl (C=O) groups is 3. The van der Waals surface area contributed by atoms with Gasteiger partial charge in [-0.25, -0.2) is 4.79 Å². The Morgan fingerprint density at radius 1 is 0.969 bits per heavy atom. The third-order valence-corrected chi connectivity index (χ3v) is 15.5. The summed E-state index contributed by atoms with van der Waals surface area (Å²) < 4.78 is 79.1. The van der Waals surface area contributed by atoms with E-state index in [1.165, 1.54) is 7.11 Å². The van der Waals surface area contributed by atoms with Gasteiger partial charge in [0.2, 0.25) is 5.60 Å². The molecule has 5 aliphatic heterocycles. The molecule has 1 unspecified atom stereocenters. The number of nitrogens with zero attached hydrogens (tertiary/aromatic N) is 3. The molecule has 0 amide bonds. The molecule has 6 heterocycles. The molecule has 18 heteroatoms. The number of nitrogens with one attached hydrogen (secondary N) is 1.